The van der Waals surface area contributed by atoms with Crippen LogP contribution >= 0.6 is 0 Å². The van der Waals surface area contributed by atoms with Gasteiger partial charge in [0.05, 0.1) is 13.2 Å². The van der Waals surface area contributed by atoms with Crippen LogP contribution in [0.4, 0.5) is 13.2 Å². The highest BCUT2D eigenvalue weighted by atomic mass is 19.2. The fourth-order valence-corrected chi connectivity index (χ4v) is 7.19. The second-order valence-corrected chi connectivity index (χ2v) is 13.8. The van der Waals surface area contributed by atoms with Crippen molar-refractivity contribution < 1.29 is 22.6 Å². The zero-order valence-corrected chi connectivity index (χ0v) is 29.2. The molecular weight excluding hydrogens is 617 g/mol. The summed E-state index contributed by atoms with van der Waals surface area (Å²) in [5.41, 5.74) is 4.32. The second-order valence-electron chi connectivity index (χ2n) is 13.8. The number of hydrogen-bond acceptors (Lipinski definition) is 2. The molecule has 1 saturated carbocycles. The first-order chi connectivity index (χ1) is 24.0. The van der Waals surface area contributed by atoms with E-state index < -0.39 is 11.6 Å². The van der Waals surface area contributed by atoms with Crippen LogP contribution in [0, 0.1) is 23.4 Å². The van der Waals surface area contributed by atoms with Crippen LogP contribution in [0.2, 0.25) is 0 Å². The van der Waals surface area contributed by atoms with E-state index in [1.54, 1.807) is 24.3 Å². The molecule has 0 unspecified atom stereocenters. The molecule has 0 bridgehead atoms. The number of benzene rings is 4. The SMILES string of the molecule is CCCC1CCC(c2ccc(-c3ccc(OCCCCCCCCCCCOc4ccc(-c5ccc(F)cc5)cc4)c(F)c3F)cc2)CC1. The van der Waals surface area contributed by atoms with Crippen LogP contribution in [-0.2, 0) is 0 Å². The van der Waals surface area contributed by atoms with E-state index in [9.17, 15) is 8.78 Å². The zero-order chi connectivity index (χ0) is 34.3. The molecule has 0 saturated heterocycles. The fraction of sp³-hybridized carbons (Fsp3) is 0.455. The summed E-state index contributed by atoms with van der Waals surface area (Å²) in [7, 11) is 0. The Kier molecular flexibility index (Phi) is 14.5. The molecule has 5 rings (SSSR count). The predicted molar refractivity (Wildman–Crippen MR) is 196 cm³/mol. The normalized spacial score (nSPS) is 16.1. The van der Waals surface area contributed by atoms with Crippen LogP contribution in [0.15, 0.2) is 84.9 Å². The van der Waals surface area contributed by atoms with Crippen LogP contribution in [0.1, 0.15) is 115 Å². The van der Waals surface area contributed by atoms with Gasteiger partial charge in [-0.25, -0.2) is 8.78 Å². The van der Waals surface area contributed by atoms with E-state index in [2.05, 4.69) is 19.1 Å². The van der Waals surface area contributed by atoms with Gasteiger partial charge in [0.1, 0.15) is 11.6 Å². The van der Waals surface area contributed by atoms with Crippen LogP contribution in [-0.4, -0.2) is 13.2 Å². The van der Waals surface area contributed by atoms with Gasteiger partial charge in [0.15, 0.2) is 11.6 Å². The van der Waals surface area contributed by atoms with Crippen LogP contribution in [0.3, 0.4) is 0 Å². The molecule has 4 aromatic rings. The van der Waals surface area contributed by atoms with E-state index in [0.717, 1.165) is 54.9 Å². The molecule has 0 spiro atoms. The third kappa shape index (κ3) is 11.1. The minimum Gasteiger partial charge on any atom is -0.494 e. The Labute approximate surface area is 292 Å². The lowest BCUT2D eigenvalue weighted by Gasteiger charge is -2.28. The van der Waals surface area contributed by atoms with Gasteiger partial charge in [-0.05, 0) is 109 Å². The summed E-state index contributed by atoms with van der Waals surface area (Å²) < 4.78 is 54.6. The minimum atomic E-state index is -0.902. The van der Waals surface area contributed by atoms with Gasteiger partial charge >= 0.3 is 0 Å². The van der Waals surface area contributed by atoms with Gasteiger partial charge in [-0.3, -0.25) is 0 Å². The van der Waals surface area contributed by atoms with Crippen LogP contribution in [0.5, 0.6) is 11.5 Å². The van der Waals surface area contributed by atoms with Crippen molar-refractivity contribution in [1.82, 2.24) is 0 Å². The van der Waals surface area contributed by atoms with E-state index in [1.807, 2.05) is 36.4 Å². The van der Waals surface area contributed by atoms with Gasteiger partial charge in [-0.2, -0.15) is 4.39 Å². The van der Waals surface area contributed by atoms with Crippen molar-refractivity contribution in [3.05, 3.63) is 108 Å². The standard InChI is InChI=1S/C44H53F3O2/c1-2-12-33-13-15-34(16-14-33)35-17-19-38(20-18-35)41-29-30-42(44(47)43(41)46)49-32-11-9-7-5-3-4-6-8-10-31-48-40-27-23-37(24-28-40)36-21-25-39(45)26-22-36/h17-30,33-34H,2-16,31-32H2,1H3. The number of halogens is 3. The van der Waals surface area contributed by atoms with Gasteiger partial charge in [-0.15, -0.1) is 0 Å². The van der Waals surface area contributed by atoms with Crippen LogP contribution < -0.4 is 9.47 Å². The van der Waals surface area contributed by atoms with Gasteiger partial charge in [0.25, 0.3) is 0 Å². The Morgan fingerprint density at radius 2 is 1.06 bits per heavy atom. The molecule has 0 radical (unpaired) electrons. The highest BCUT2D eigenvalue weighted by Gasteiger charge is 2.22. The van der Waals surface area contributed by atoms with Crippen molar-refractivity contribution in [1.29, 1.82) is 0 Å². The summed E-state index contributed by atoms with van der Waals surface area (Å²) in [4.78, 5) is 0. The molecule has 0 amide bonds. The van der Waals surface area contributed by atoms with Gasteiger partial charge < -0.3 is 9.47 Å². The molecule has 1 aliphatic carbocycles. The predicted octanol–water partition coefficient (Wildman–Crippen LogP) is 13.5. The number of unbranched alkanes of at least 4 members (excludes halogenated alkanes) is 8. The van der Waals surface area contributed by atoms with Crippen molar-refractivity contribution in [3.8, 4) is 33.8 Å². The summed E-state index contributed by atoms with van der Waals surface area (Å²) in [6.45, 7) is 3.36. The Balaban J connectivity index is 0.896. The van der Waals surface area contributed by atoms with E-state index >= 15 is 4.39 Å². The van der Waals surface area contributed by atoms with Gasteiger partial charge in [-0.1, -0.05) is 113 Å². The van der Waals surface area contributed by atoms with Crippen molar-refractivity contribution >= 4 is 0 Å². The third-order valence-electron chi connectivity index (χ3n) is 10.1. The van der Waals surface area contributed by atoms with Gasteiger partial charge in [0, 0.05) is 5.56 Å². The second kappa shape index (κ2) is 19.5. The fourth-order valence-electron chi connectivity index (χ4n) is 7.19. The average Bonchev–Trinajstić information content (AvgIpc) is 3.13. The first-order valence-corrected chi connectivity index (χ1v) is 18.7. The summed E-state index contributed by atoms with van der Waals surface area (Å²) in [5, 5.41) is 0. The molecule has 262 valence electrons. The lowest BCUT2D eigenvalue weighted by molar-refractivity contribution is 0.285. The largest absolute Gasteiger partial charge is 0.494 e. The number of hydrogen-bond donors (Lipinski definition) is 0. The lowest BCUT2D eigenvalue weighted by Crippen LogP contribution is -2.13. The summed E-state index contributed by atoms with van der Waals surface area (Å²) in [6.07, 6.45) is 17.5. The lowest BCUT2D eigenvalue weighted by atomic mass is 9.77. The quantitative estimate of drug-likeness (QED) is 0.0925. The highest BCUT2D eigenvalue weighted by molar-refractivity contribution is 5.66. The Morgan fingerprint density at radius 3 is 1.65 bits per heavy atom. The smallest absolute Gasteiger partial charge is 0.201 e. The average molecular weight is 671 g/mol. The maximum Gasteiger partial charge on any atom is 0.201 e. The van der Waals surface area contributed by atoms with Crippen LogP contribution in [0.25, 0.3) is 22.3 Å². The molecule has 2 nitrogen and oxygen atoms in total. The number of ether oxygens (including phenoxy) is 2. The molecule has 1 fully saturated rings. The van der Waals surface area contributed by atoms with Crippen molar-refractivity contribution in [3.63, 3.8) is 0 Å². The third-order valence-corrected chi connectivity index (χ3v) is 10.1. The molecule has 1 aliphatic rings. The molecule has 49 heavy (non-hydrogen) atoms. The van der Waals surface area contributed by atoms with E-state index in [0.29, 0.717) is 24.7 Å². The Morgan fingerprint density at radius 1 is 0.531 bits per heavy atom. The Bertz CT molecular complexity index is 1520. The molecule has 0 N–H and O–H groups in total. The summed E-state index contributed by atoms with van der Waals surface area (Å²) >= 11 is 0. The highest BCUT2D eigenvalue weighted by Crippen LogP contribution is 2.38. The topological polar surface area (TPSA) is 18.5 Å². The summed E-state index contributed by atoms with van der Waals surface area (Å²) in [5.74, 6) is 0.320. The van der Waals surface area contributed by atoms with E-state index in [-0.39, 0.29) is 17.1 Å². The molecule has 5 heteroatoms. The van der Waals surface area contributed by atoms with Gasteiger partial charge in [0.2, 0.25) is 5.82 Å². The molecule has 4 aromatic carbocycles. The molecule has 0 aromatic heterocycles. The van der Waals surface area contributed by atoms with Crippen molar-refractivity contribution in [2.45, 2.75) is 109 Å². The maximum absolute atomic E-state index is 15.0. The molecule has 0 aliphatic heterocycles. The maximum atomic E-state index is 15.0. The minimum absolute atomic E-state index is 0.00676. The van der Waals surface area contributed by atoms with E-state index in [1.165, 1.54) is 81.9 Å². The van der Waals surface area contributed by atoms with Crippen molar-refractivity contribution in [2.24, 2.45) is 5.92 Å². The van der Waals surface area contributed by atoms with Crippen molar-refractivity contribution in [2.75, 3.05) is 13.2 Å². The summed E-state index contributed by atoms with van der Waals surface area (Å²) in [6, 6.07) is 25.7. The molecular formula is C44H53F3O2. The van der Waals surface area contributed by atoms with E-state index in [4.69, 9.17) is 9.47 Å². The first-order valence-electron chi connectivity index (χ1n) is 18.7. The Hall–Kier alpha value is -3.73. The zero-order valence-electron chi connectivity index (χ0n) is 29.2. The number of rotatable bonds is 19. The molecule has 0 atom stereocenters. The molecule has 0 heterocycles. The monoisotopic (exact) mass is 670 g/mol. The first kappa shape index (κ1) is 36.5.